The molecule has 0 saturated carbocycles. The lowest BCUT2D eigenvalue weighted by atomic mass is 10.1. The van der Waals surface area contributed by atoms with Gasteiger partial charge in [-0.15, -0.1) is 0 Å². The Morgan fingerprint density at radius 3 is 2.36 bits per heavy atom. The van der Waals surface area contributed by atoms with E-state index in [4.69, 9.17) is 0 Å². The Bertz CT molecular complexity index is 728. The molecule has 0 aliphatic carbocycles. The van der Waals surface area contributed by atoms with Crippen molar-refractivity contribution >= 4 is 21.4 Å². The Labute approximate surface area is 132 Å². The van der Waals surface area contributed by atoms with Crippen molar-refractivity contribution in [1.82, 2.24) is 0 Å². The minimum Gasteiger partial charge on any atom is -0.379 e. The monoisotopic (exact) mass is 318 g/mol. The average Bonchev–Trinajstić information content (AvgIpc) is 2.51. The third-order valence-corrected chi connectivity index (χ3v) is 4.85. The number of nitrogens with one attached hydrogen (secondary N) is 2. The molecule has 0 bridgehead atoms. The number of hydrogen-bond donors (Lipinski definition) is 2. The molecule has 0 radical (unpaired) electrons. The first-order valence-corrected chi connectivity index (χ1v) is 8.99. The molecule has 0 aliphatic rings. The first-order valence-electron chi connectivity index (χ1n) is 7.34. The molecule has 1 atom stereocenters. The summed E-state index contributed by atoms with van der Waals surface area (Å²) >= 11 is 0. The molecule has 0 saturated heterocycles. The molecule has 2 aromatic carbocycles. The zero-order valence-corrected chi connectivity index (χ0v) is 13.9. The van der Waals surface area contributed by atoms with Crippen molar-refractivity contribution in [3.8, 4) is 0 Å². The Kier molecular flexibility index (Phi) is 5.08. The molecule has 2 rings (SSSR count). The van der Waals surface area contributed by atoms with Gasteiger partial charge in [-0.05, 0) is 50.1 Å². The van der Waals surface area contributed by atoms with Gasteiger partial charge in [0.05, 0.1) is 11.4 Å². The molecule has 0 fully saturated rings. The van der Waals surface area contributed by atoms with Crippen LogP contribution in [0.4, 0.5) is 11.4 Å². The number of sulfonamides is 1. The minimum absolute atomic E-state index is 0.0669. The maximum atomic E-state index is 11.6. The highest BCUT2D eigenvalue weighted by Crippen LogP contribution is 2.24. The summed E-state index contributed by atoms with van der Waals surface area (Å²) in [6.07, 6.45) is 0. The first kappa shape index (κ1) is 16.4. The summed E-state index contributed by atoms with van der Waals surface area (Å²) in [6, 6.07) is 16.0. The second-order valence-corrected chi connectivity index (χ2v) is 7.32. The first-order chi connectivity index (χ1) is 10.4. The van der Waals surface area contributed by atoms with Gasteiger partial charge in [-0.2, -0.15) is 0 Å². The SMILES string of the molecule is CCS(=O)(=O)Nc1ccc(NC(C)c2ccccc2)cc1C. The van der Waals surface area contributed by atoms with Crippen LogP contribution >= 0.6 is 0 Å². The standard InChI is InChI=1S/C17H22N2O2S/c1-4-22(20,21)19-17-11-10-16(12-13(17)2)18-14(3)15-8-6-5-7-9-15/h5-12,14,18-19H,4H2,1-3H3. The van der Waals surface area contributed by atoms with E-state index in [9.17, 15) is 8.42 Å². The highest BCUT2D eigenvalue weighted by Gasteiger charge is 2.10. The quantitative estimate of drug-likeness (QED) is 0.848. The summed E-state index contributed by atoms with van der Waals surface area (Å²) in [6.45, 7) is 5.61. The van der Waals surface area contributed by atoms with E-state index in [0.717, 1.165) is 11.3 Å². The molecule has 0 aliphatic heterocycles. The van der Waals surface area contributed by atoms with Gasteiger partial charge < -0.3 is 5.32 Å². The van der Waals surface area contributed by atoms with Crippen LogP contribution in [-0.2, 0) is 10.0 Å². The summed E-state index contributed by atoms with van der Waals surface area (Å²) in [7, 11) is -3.24. The Hall–Kier alpha value is -2.01. The van der Waals surface area contributed by atoms with Crippen LogP contribution in [0.25, 0.3) is 0 Å². The van der Waals surface area contributed by atoms with Crippen LogP contribution in [-0.4, -0.2) is 14.2 Å². The highest BCUT2D eigenvalue weighted by atomic mass is 32.2. The average molecular weight is 318 g/mol. The van der Waals surface area contributed by atoms with E-state index in [1.54, 1.807) is 13.0 Å². The van der Waals surface area contributed by atoms with Crippen molar-refractivity contribution in [2.24, 2.45) is 0 Å². The van der Waals surface area contributed by atoms with Crippen LogP contribution in [0.2, 0.25) is 0 Å². The van der Waals surface area contributed by atoms with E-state index >= 15 is 0 Å². The van der Waals surface area contributed by atoms with Gasteiger partial charge in [0.15, 0.2) is 0 Å². The van der Waals surface area contributed by atoms with Gasteiger partial charge in [-0.3, -0.25) is 4.72 Å². The molecule has 2 aromatic rings. The fraction of sp³-hybridized carbons (Fsp3) is 0.294. The van der Waals surface area contributed by atoms with Crippen LogP contribution < -0.4 is 10.0 Å². The molecule has 0 aromatic heterocycles. The van der Waals surface area contributed by atoms with Crippen molar-refractivity contribution in [3.05, 3.63) is 59.7 Å². The third kappa shape index (κ3) is 4.24. The predicted octanol–water partition coefficient (Wildman–Crippen LogP) is 3.93. The summed E-state index contributed by atoms with van der Waals surface area (Å²) in [5, 5.41) is 3.43. The predicted molar refractivity (Wildman–Crippen MR) is 92.7 cm³/mol. The van der Waals surface area contributed by atoms with E-state index < -0.39 is 10.0 Å². The van der Waals surface area contributed by atoms with Gasteiger partial charge in [-0.1, -0.05) is 30.3 Å². The summed E-state index contributed by atoms with van der Waals surface area (Å²) in [4.78, 5) is 0. The van der Waals surface area contributed by atoms with Gasteiger partial charge >= 0.3 is 0 Å². The zero-order chi connectivity index (χ0) is 16.2. The summed E-state index contributed by atoms with van der Waals surface area (Å²) in [5.41, 5.74) is 3.69. The lowest BCUT2D eigenvalue weighted by Crippen LogP contribution is -2.15. The second-order valence-electron chi connectivity index (χ2n) is 5.31. The maximum Gasteiger partial charge on any atom is 0.232 e. The molecule has 4 nitrogen and oxygen atoms in total. The molecular weight excluding hydrogens is 296 g/mol. The topological polar surface area (TPSA) is 58.2 Å². The normalized spacial score (nSPS) is 12.7. The number of anilines is 2. The van der Waals surface area contributed by atoms with Crippen molar-refractivity contribution in [3.63, 3.8) is 0 Å². The number of hydrogen-bond acceptors (Lipinski definition) is 3. The van der Waals surface area contributed by atoms with Crippen molar-refractivity contribution in [2.75, 3.05) is 15.8 Å². The Balaban J connectivity index is 2.13. The number of aryl methyl sites for hydroxylation is 1. The van der Waals surface area contributed by atoms with Crippen molar-refractivity contribution < 1.29 is 8.42 Å². The van der Waals surface area contributed by atoms with Crippen LogP contribution in [0, 0.1) is 6.92 Å². The van der Waals surface area contributed by atoms with Crippen LogP contribution in [0.15, 0.2) is 48.5 Å². The van der Waals surface area contributed by atoms with Crippen LogP contribution in [0.3, 0.4) is 0 Å². The zero-order valence-electron chi connectivity index (χ0n) is 13.1. The van der Waals surface area contributed by atoms with Crippen LogP contribution in [0.5, 0.6) is 0 Å². The second kappa shape index (κ2) is 6.83. The smallest absolute Gasteiger partial charge is 0.232 e. The molecule has 0 spiro atoms. The largest absolute Gasteiger partial charge is 0.379 e. The molecule has 0 amide bonds. The van der Waals surface area contributed by atoms with E-state index in [2.05, 4.69) is 29.1 Å². The van der Waals surface area contributed by atoms with Gasteiger partial charge in [0.25, 0.3) is 0 Å². The summed E-state index contributed by atoms with van der Waals surface area (Å²) < 4.78 is 25.9. The molecule has 2 N–H and O–H groups in total. The Morgan fingerprint density at radius 1 is 1.09 bits per heavy atom. The number of rotatable bonds is 6. The maximum absolute atomic E-state index is 11.6. The number of benzene rings is 2. The third-order valence-electron chi connectivity index (χ3n) is 3.55. The van der Waals surface area contributed by atoms with E-state index in [1.807, 2.05) is 37.3 Å². The van der Waals surface area contributed by atoms with Gasteiger partial charge in [0.1, 0.15) is 0 Å². The minimum atomic E-state index is -3.24. The summed E-state index contributed by atoms with van der Waals surface area (Å²) in [5.74, 6) is 0.0669. The fourth-order valence-electron chi connectivity index (χ4n) is 2.18. The molecule has 5 heteroatoms. The van der Waals surface area contributed by atoms with Crippen LogP contribution in [0.1, 0.15) is 31.0 Å². The van der Waals surface area contributed by atoms with E-state index in [-0.39, 0.29) is 11.8 Å². The molecule has 1 unspecified atom stereocenters. The molecule has 22 heavy (non-hydrogen) atoms. The molecule has 118 valence electrons. The van der Waals surface area contributed by atoms with E-state index in [0.29, 0.717) is 5.69 Å². The van der Waals surface area contributed by atoms with Crippen molar-refractivity contribution in [1.29, 1.82) is 0 Å². The van der Waals surface area contributed by atoms with Gasteiger partial charge in [0, 0.05) is 11.7 Å². The fourth-order valence-corrected chi connectivity index (χ4v) is 2.89. The molecular formula is C17H22N2O2S. The highest BCUT2D eigenvalue weighted by molar-refractivity contribution is 7.92. The van der Waals surface area contributed by atoms with Gasteiger partial charge in [-0.25, -0.2) is 8.42 Å². The molecule has 0 heterocycles. The van der Waals surface area contributed by atoms with Gasteiger partial charge in [0.2, 0.25) is 10.0 Å². The lowest BCUT2D eigenvalue weighted by Gasteiger charge is -2.17. The van der Waals surface area contributed by atoms with Crippen molar-refractivity contribution in [2.45, 2.75) is 26.8 Å². The van der Waals surface area contributed by atoms with E-state index in [1.165, 1.54) is 5.56 Å². The Morgan fingerprint density at radius 2 is 1.77 bits per heavy atom. The lowest BCUT2D eigenvalue weighted by molar-refractivity contribution is 0.602.